The second-order valence-corrected chi connectivity index (χ2v) is 4.40. The van der Waals surface area contributed by atoms with E-state index in [2.05, 4.69) is 10.4 Å². The molecule has 19 heavy (non-hydrogen) atoms. The summed E-state index contributed by atoms with van der Waals surface area (Å²) in [6.07, 6.45) is 4.52. The van der Waals surface area contributed by atoms with Crippen LogP contribution in [0.1, 0.15) is 13.3 Å². The molecular weight excluding hydrogens is 240 g/mol. The molecule has 0 radical (unpaired) electrons. The summed E-state index contributed by atoms with van der Waals surface area (Å²) >= 11 is 0. The molecule has 1 aromatic carbocycles. The Kier molecular flexibility index (Phi) is 4.18. The molecule has 5 heteroatoms. The summed E-state index contributed by atoms with van der Waals surface area (Å²) in [6, 6.07) is 7.59. The van der Waals surface area contributed by atoms with E-state index in [1.807, 2.05) is 37.4 Å². The molecule has 1 amide bonds. The van der Waals surface area contributed by atoms with Crippen LogP contribution in [-0.2, 0) is 11.3 Å². The number of nitrogens with one attached hydrogen (secondary N) is 1. The number of amides is 1. The highest BCUT2D eigenvalue weighted by Crippen LogP contribution is 2.20. The zero-order valence-corrected chi connectivity index (χ0v) is 11.0. The van der Waals surface area contributed by atoms with Gasteiger partial charge in [0.1, 0.15) is 6.54 Å². The van der Waals surface area contributed by atoms with Gasteiger partial charge in [0.15, 0.2) is 0 Å². The smallest absolute Gasteiger partial charge is 0.241 e. The van der Waals surface area contributed by atoms with Crippen molar-refractivity contribution in [2.75, 3.05) is 12.3 Å². The molecule has 1 aromatic heterocycles. The van der Waals surface area contributed by atoms with Gasteiger partial charge in [-0.2, -0.15) is 5.10 Å². The Labute approximate surface area is 112 Å². The fourth-order valence-corrected chi connectivity index (χ4v) is 1.78. The molecule has 3 N–H and O–H groups in total. The van der Waals surface area contributed by atoms with Crippen LogP contribution < -0.4 is 11.1 Å². The Morgan fingerprint density at radius 3 is 3.00 bits per heavy atom. The number of anilines is 1. The monoisotopic (exact) mass is 258 g/mol. The predicted octanol–water partition coefficient (Wildman–Crippen LogP) is 1.66. The predicted molar refractivity (Wildman–Crippen MR) is 75.4 cm³/mol. The van der Waals surface area contributed by atoms with E-state index in [0.29, 0.717) is 12.2 Å². The van der Waals surface area contributed by atoms with E-state index < -0.39 is 0 Å². The Hall–Kier alpha value is -2.30. The second kappa shape index (κ2) is 6.04. The molecule has 0 spiro atoms. The van der Waals surface area contributed by atoms with Gasteiger partial charge in [0, 0.05) is 24.0 Å². The second-order valence-electron chi connectivity index (χ2n) is 4.40. The third-order valence-corrected chi connectivity index (χ3v) is 2.73. The lowest BCUT2D eigenvalue weighted by atomic mass is 10.1. The van der Waals surface area contributed by atoms with Gasteiger partial charge >= 0.3 is 0 Å². The fraction of sp³-hybridized carbons (Fsp3) is 0.286. The molecule has 0 aliphatic heterocycles. The zero-order chi connectivity index (χ0) is 13.7. The maximum absolute atomic E-state index is 11.6. The standard InChI is InChI=1S/C14H18N4O/c1-2-6-16-14(19)10-18-9-12(8-17-18)11-4-3-5-13(15)7-11/h3-5,7-9H,2,6,10,15H2,1H3,(H,16,19). The molecule has 0 aliphatic rings. The average Bonchev–Trinajstić information content (AvgIpc) is 2.85. The van der Waals surface area contributed by atoms with Gasteiger partial charge in [-0.15, -0.1) is 0 Å². The lowest BCUT2D eigenvalue weighted by molar-refractivity contribution is -0.121. The largest absolute Gasteiger partial charge is 0.399 e. The highest BCUT2D eigenvalue weighted by molar-refractivity contribution is 5.75. The van der Waals surface area contributed by atoms with Crippen molar-refractivity contribution in [2.24, 2.45) is 0 Å². The first kappa shape index (κ1) is 13.1. The molecule has 0 unspecified atom stereocenters. The van der Waals surface area contributed by atoms with Crippen LogP contribution in [0.25, 0.3) is 11.1 Å². The minimum atomic E-state index is -0.0240. The van der Waals surface area contributed by atoms with Crippen molar-refractivity contribution in [1.82, 2.24) is 15.1 Å². The van der Waals surface area contributed by atoms with Gasteiger partial charge in [0.05, 0.1) is 6.20 Å². The Morgan fingerprint density at radius 1 is 1.42 bits per heavy atom. The van der Waals surface area contributed by atoms with Crippen LogP contribution in [0.2, 0.25) is 0 Å². The van der Waals surface area contributed by atoms with E-state index in [9.17, 15) is 4.79 Å². The van der Waals surface area contributed by atoms with Crippen molar-refractivity contribution in [3.8, 4) is 11.1 Å². The summed E-state index contributed by atoms with van der Waals surface area (Å²) < 4.78 is 1.63. The van der Waals surface area contributed by atoms with Gasteiger partial charge in [0.25, 0.3) is 0 Å². The maximum atomic E-state index is 11.6. The number of carbonyl (C=O) groups is 1. The van der Waals surface area contributed by atoms with Crippen molar-refractivity contribution >= 4 is 11.6 Å². The molecule has 0 fully saturated rings. The quantitative estimate of drug-likeness (QED) is 0.801. The summed E-state index contributed by atoms with van der Waals surface area (Å²) in [5.74, 6) is -0.0240. The van der Waals surface area contributed by atoms with Gasteiger partial charge in [-0.25, -0.2) is 0 Å². The maximum Gasteiger partial charge on any atom is 0.241 e. The molecule has 1 heterocycles. The molecule has 5 nitrogen and oxygen atoms in total. The number of nitrogen functional groups attached to an aromatic ring is 1. The molecule has 0 atom stereocenters. The van der Waals surface area contributed by atoms with Crippen LogP contribution in [0.4, 0.5) is 5.69 Å². The number of rotatable bonds is 5. The van der Waals surface area contributed by atoms with Crippen molar-refractivity contribution in [2.45, 2.75) is 19.9 Å². The molecule has 100 valence electrons. The van der Waals surface area contributed by atoms with E-state index in [4.69, 9.17) is 5.73 Å². The normalized spacial score (nSPS) is 10.4. The number of nitrogens with two attached hydrogens (primary N) is 1. The van der Waals surface area contributed by atoms with Crippen LogP contribution >= 0.6 is 0 Å². The number of hydrogen-bond donors (Lipinski definition) is 2. The Bertz CT molecular complexity index is 562. The number of nitrogens with zero attached hydrogens (tertiary/aromatic N) is 2. The van der Waals surface area contributed by atoms with Gasteiger partial charge in [-0.1, -0.05) is 19.1 Å². The van der Waals surface area contributed by atoms with Crippen LogP contribution in [0.5, 0.6) is 0 Å². The highest BCUT2D eigenvalue weighted by atomic mass is 16.2. The van der Waals surface area contributed by atoms with E-state index >= 15 is 0 Å². The first-order chi connectivity index (χ1) is 9.19. The third kappa shape index (κ3) is 3.58. The van der Waals surface area contributed by atoms with Crippen molar-refractivity contribution in [3.63, 3.8) is 0 Å². The number of carbonyl (C=O) groups excluding carboxylic acids is 1. The zero-order valence-electron chi connectivity index (χ0n) is 11.0. The molecule has 0 saturated carbocycles. The molecule has 0 aliphatic carbocycles. The SMILES string of the molecule is CCCNC(=O)Cn1cc(-c2cccc(N)c2)cn1. The average molecular weight is 258 g/mol. The summed E-state index contributed by atoms with van der Waals surface area (Å²) in [4.78, 5) is 11.6. The Morgan fingerprint density at radius 2 is 2.26 bits per heavy atom. The summed E-state index contributed by atoms with van der Waals surface area (Å²) in [7, 11) is 0. The lowest BCUT2D eigenvalue weighted by Crippen LogP contribution is -2.28. The van der Waals surface area contributed by atoms with Crippen LogP contribution in [-0.4, -0.2) is 22.2 Å². The fourth-order valence-electron chi connectivity index (χ4n) is 1.78. The molecular formula is C14H18N4O. The highest BCUT2D eigenvalue weighted by Gasteiger charge is 2.05. The minimum absolute atomic E-state index is 0.0240. The van der Waals surface area contributed by atoms with E-state index in [-0.39, 0.29) is 12.5 Å². The van der Waals surface area contributed by atoms with E-state index in [1.165, 1.54) is 0 Å². The number of hydrogen-bond acceptors (Lipinski definition) is 3. The molecule has 0 saturated heterocycles. The first-order valence-corrected chi connectivity index (χ1v) is 6.34. The van der Waals surface area contributed by atoms with Crippen LogP contribution in [0.3, 0.4) is 0 Å². The van der Waals surface area contributed by atoms with Gasteiger partial charge in [-0.05, 0) is 24.1 Å². The number of aromatic nitrogens is 2. The van der Waals surface area contributed by atoms with E-state index in [1.54, 1.807) is 10.9 Å². The third-order valence-electron chi connectivity index (χ3n) is 2.73. The van der Waals surface area contributed by atoms with Crippen LogP contribution in [0.15, 0.2) is 36.7 Å². The first-order valence-electron chi connectivity index (χ1n) is 6.34. The lowest BCUT2D eigenvalue weighted by Gasteiger charge is -2.03. The van der Waals surface area contributed by atoms with Crippen molar-refractivity contribution in [1.29, 1.82) is 0 Å². The topological polar surface area (TPSA) is 72.9 Å². The molecule has 2 rings (SSSR count). The summed E-state index contributed by atoms with van der Waals surface area (Å²) in [5, 5.41) is 7.00. The van der Waals surface area contributed by atoms with Crippen LogP contribution in [0, 0.1) is 0 Å². The Balaban J connectivity index is 2.05. The molecule has 0 bridgehead atoms. The van der Waals surface area contributed by atoms with Crippen molar-refractivity contribution in [3.05, 3.63) is 36.7 Å². The van der Waals surface area contributed by atoms with Crippen molar-refractivity contribution < 1.29 is 4.79 Å². The van der Waals surface area contributed by atoms with Gasteiger partial charge in [-0.3, -0.25) is 9.48 Å². The van der Waals surface area contributed by atoms with E-state index in [0.717, 1.165) is 17.5 Å². The minimum Gasteiger partial charge on any atom is -0.399 e. The van der Waals surface area contributed by atoms with Gasteiger partial charge in [0.2, 0.25) is 5.91 Å². The number of benzene rings is 1. The molecule has 2 aromatic rings. The summed E-state index contributed by atoms with van der Waals surface area (Å²) in [6.45, 7) is 2.95. The summed E-state index contributed by atoms with van der Waals surface area (Å²) in [5.41, 5.74) is 8.42. The van der Waals surface area contributed by atoms with Gasteiger partial charge < -0.3 is 11.1 Å².